The van der Waals surface area contributed by atoms with Crippen LogP contribution in [0.3, 0.4) is 0 Å². The van der Waals surface area contributed by atoms with E-state index in [-0.39, 0.29) is 17.1 Å². The Bertz CT molecular complexity index is 979. The molecule has 0 saturated heterocycles. The summed E-state index contributed by atoms with van der Waals surface area (Å²) in [5, 5.41) is 1.18. The van der Waals surface area contributed by atoms with Crippen molar-refractivity contribution in [3.05, 3.63) is 56.0 Å². The maximum absolute atomic E-state index is 12.8. The molecule has 7 heteroatoms. The number of rotatable bonds is 6. The van der Waals surface area contributed by atoms with Crippen LogP contribution in [0.5, 0.6) is 0 Å². The standard InChI is InChI=1S/C18H17ClN2O2S2/c1-11(2)9-21-17(23)12-5-3-4-6-13(12)20-18(21)24-10-14(22)15-7-8-16(19)25-15/h3-8,11H,9-10H2,1-2H3. The van der Waals surface area contributed by atoms with Crippen LogP contribution < -0.4 is 5.56 Å². The minimum absolute atomic E-state index is 0.0135. The number of carbonyl (C=O) groups excluding carboxylic acids is 1. The number of ketones is 1. The van der Waals surface area contributed by atoms with Gasteiger partial charge in [-0.25, -0.2) is 4.98 Å². The molecule has 1 aromatic carbocycles. The molecule has 0 atom stereocenters. The Labute approximate surface area is 158 Å². The quantitative estimate of drug-likeness (QED) is 0.345. The Morgan fingerprint density at radius 1 is 1.28 bits per heavy atom. The van der Waals surface area contributed by atoms with E-state index < -0.39 is 0 Å². The molecule has 3 aromatic rings. The van der Waals surface area contributed by atoms with Gasteiger partial charge in [0.15, 0.2) is 10.9 Å². The average Bonchev–Trinajstić information content (AvgIpc) is 3.02. The summed E-state index contributed by atoms with van der Waals surface area (Å²) in [6, 6.07) is 10.7. The number of hydrogen-bond acceptors (Lipinski definition) is 5. The number of hydrogen-bond donors (Lipinski definition) is 0. The van der Waals surface area contributed by atoms with Crippen molar-refractivity contribution in [2.24, 2.45) is 5.92 Å². The first-order valence-corrected chi connectivity index (χ1v) is 10.0. The number of para-hydroxylation sites is 1. The molecule has 0 unspecified atom stereocenters. The molecule has 2 heterocycles. The first kappa shape index (κ1) is 18.2. The van der Waals surface area contributed by atoms with E-state index in [1.165, 1.54) is 23.1 Å². The van der Waals surface area contributed by atoms with Crippen molar-refractivity contribution in [3.8, 4) is 0 Å². The molecule has 0 aliphatic rings. The van der Waals surface area contributed by atoms with Crippen LogP contribution in [0.1, 0.15) is 23.5 Å². The highest BCUT2D eigenvalue weighted by atomic mass is 35.5. The Morgan fingerprint density at radius 3 is 2.72 bits per heavy atom. The van der Waals surface area contributed by atoms with Crippen LogP contribution in [0.15, 0.2) is 46.3 Å². The van der Waals surface area contributed by atoms with E-state index in [9.17, 15) is 9.59 Å². The summed E-state index contributed by atoms with van der Waals surface area (Å²) in [5.41, 5.74) is 0.593. The van der Waals surface area contributed by atoms with Crippen LogP contribution in [-0.4, -0.2) is 21.1 Å². The summed E-state index contributed by atoms with van der Waals surface area (Å²) < 4.78 is 2.26. The average molecular weight is 393 g/mol. The van der Waals surface area contributed by atoms with Crippen LogP contribution in [-0.2, 0) is 6.54 Å². The summed E-state index contributed by atoms with van der Waals surface area (Å²) >= 11 is 8.45. The van der Waals surface area contributed by atoms with Gasteiger partial charge in [0.25, 0.3) is 5.56 Å². The van der Waals surface area contributed by atoms with Crippen molar-refractivity contribution in [3.63, 3.8) is 0 Å². The van der Waals surface area contributed by atoms with Gasteiger partial charge in [0.1, 0.15) is 0 Å². The number of Topliss-reactive ketones (excluding diaryl/α,β-unsaturated/α-hetero) is 1. The monoisotopic (exact) mass is 392 g/mol. The van der Waals surface area contributed by atoms with E-state index in [0.29, 0.717) is 37.7 Å². The Kier molecular flexibility index (Phi) is 5.61. The Balaban J connectivity index is 1.93. The first-order chi connectivity index (χ1) is 12.0. The molecule has 2 aromatic heterocycles. The van der Waals surface area contributed by atoms with Gasteiger partial charge in [-0.1, -0.05) is 49.3 Å². The lowest BCUT2D eigenvalue weighted by Gasteiger charge is -2.14. The highest BCUT2D eigenvalue weighted by molar-refractivity contribution is 7.99. The van der Waals surface area contributed by atoms with E-state index in [4.69, 9.17) is 11.6 Å². The number of carbonyl (C=O) groups is 1. The molecular formula is C18H17ClN2O2S2. The van der Waals surface area contributed by atoms with Gasteiger partial charge in [0.2, 0.25) is 0 Å². The van der Waals surface area contributed by atoms with Crippen molar-refractivity contribution >= 4 is 51.4 Å². The Hall–Kier alpha value is -1.63. The van der Waals surface area contributed by atoms with E-state index in [2.05, 4.69) is 18.8 Å². The minimum atomic E-state index is -0.0617. The van der Waals surface area contributed by atoms with E-state index in [1.54, 1.807) is 22.8 Å². The highest BCUT2D eigenvalue weighted by Crippen LogP contribution is 2.25. The maximum Gasteiger partial charge on any atom is 0.262 e. The molecule has 0 aliphatic heterocycles. The third kappa shape index (κ3) is 4.14. The molecule has 4 nitrogen and oxygen atoms in total. The lowest BCUT2D eigenvalue weighted by Crippen LogP contribution is -2.25. The highest BCUT2D eigenvalue weighted by Gasteiger charge is 2.15. The van der Waals surface area contributed by atoms with Gasteiger partial charge in [-0.2, -0.15) is 0 Å². The summed E-state index contributed by atoms with van der Waals surface area (Å²) in [6.07, 6.45) is 0. The topological polar surface area (TPSA) is 52.0 Å². The number of nitrogens with zero attached hydrogens (tertiary/aromatic N) is 2. The van der Waals surface area contributed by atoms with Gasteiger partial charge in [0, 0.05) is 6.54 Å². The second-order valence-corrected chi connectivity index (χ2v) is 8.69. The van der Waals surface area contributed by atoms with Crippen LogP contribution in [0.4, 0.5) is 0 Å². The maximum atomic E-state index is 12.8. The molecule has 0 spiro atoms. The molecule has 130 valence electrons. The summed E-state index contributed by atoms with van der Waals surface area (Å²) in [5.74, 6) is 0.506. The summed E-state index contributed by atoms with van der Waals surface area (Å²) in [7, 11) is 0. The number of aromatic nitrogens is 2. The number of fused-ring (bicyclic) bond motifs is 1. The number of thioether (sulfide) groups is 1. The van der Waals surface area contributed by atoms with E-state index in [0.717, 1.165) is 0 Å². The van der Waals surface area contributed by atoms with Gasteiger partial charge in [-0.15, -0.1) is 11.3 Å². The van der Waals surface area contributed by atoms with Gasteiger partial charge < -0.3 is 0 Å². The molecule has 25 heavy (non-hydrogen) atoms. The largest absolute Gasteiger partial charge is 0.292 e. The van der Waals surface area contributed by atoms with E-state index in [1.807, 2.05) is 18.2 Å². The van der Waals surface area contributed by atoms with Crippen molar-refractivity contribution in [1.29, 1.82) is 0 Å². The number of halogens is 1. The molecule has 0 saturated carbocycles. The molecule has 0 bridgehead atoms. The van der Waals surface area contributed by atoms with Gasteiger partial charge >= 0.3 is 0 Å². The summed E-state index contributed by atoms with van der Waals surface area (Å²) in [4.78, 5) is 30.4. The van der Waals surface area contributed by atoms with Crippen molar-refractivity contribution < 1.29 is 4.79 Å². The normalized spacial score (nSPS) is 11.4. The van der Waals surface area contributed by atoms with Crippen molar-refractivity contribution in [2.45, 2.75) is 25.5 Å². The molecular weight excluding hydrogens is 376 g/mol. The van der Waals surface area contributed by atoms with Crippen LogP contribution >= 0.6 is 34.7 Å². The third-order valence-electron chi connectivity index (χ3n) is 3.55. The SMILES string of the molecule is CC(C)Cn1c(SCC(=O)c2ccc(Cl)s2)nc2ccccc2c1=O. The lowest BCUT2D eigenvalue weighted by atomic mass is 10.2. The molecule has 0 aliphatic carbocycles. The molecule has 0 N–H and O–H groups in total. The zero-order valence-corrected chi connectivity index (χ0v) is 16.2. The summed E-state index contributed by atoms with van der Waals surface area (Å²) in [6.45, 7) is 4.67. The molecule has 0 radical (unpaired) electrons. The minimum Gasteiger partial charge on any atom is -0.292 e. The molecule has 0 fully saturated rings. The third-order valence-corrected chi connectivity index (χ3v) is 5.80. The number of benzene rings is 1. The van der Waals surface area contributed by atoms with Crippen molar-refractivity contribution in [1.82, 2.24) is 9.55 Å². The smallest absolute Gasteiger partial charge is 0.262 e. The van der Waals surface area contributed by atoms with Crippen molar-refractivity contribution in [2.75, 3.05) is 5.75 Å². The first-order valence-electron chi connectivity index (χ1n) is 7.86. The lowest BCUT2D eigenvalue weighted by molar-refractivity contribution is 0.102. The van der Waals surface area contributed by atoms with E-state index >= 15 is 0 Å². The second kappa shape index (κ2) is 7.72. The van der Waals surface area contributed by atoms with Crippen LogP contribution in [0.2, 0.25) is 4.34 Å². The molecule has 0 amide bonds. The second-order valence-electron chi connectivity index (χ2n) is 6.04. The predicted molar refractivity (Wildman–Crippen MR) is 105 cm³/mol. The Morgan fingerprint density at radius 2 is 2.04 bits per heavy atom. The zero-order valence-electron chi connectivity index (χ0n) is 13.9. The van der Waals surface area contributed by atoms with Gasteiger partial charge in [-0.3, -0.25) is 14.2 Å². The van der Waals surface area contributed by atoms with Gasteiger partial charge in [-0.05, 0) is 30.2 Å². The fourth-order valence-corrected chi connectivity index (χ4v) is 4.41. The molecule has 3 rings (SSSR count). The van der Waals surface area contributed by atoms with Gasteiger partial charge in [0.05, 0.1) is 25.9 Å². The fourth-order valence-electron chi connectivity index (χ4n) is 2.45. The zero-order chi connectivity index (χ0) is 18.0. The van der Waals surface area contributed by atoms with Crippen LogP contribution in [0, 0.1) is 5.92 Å². The number of thiophene rings is 1. The fraction of sp³-hybridized carbons (Fsp3) is 0.278. The predicted octanol–water partition coefficient (Wildman–Crippen LogP) is 4.74. The van der Waals surface area contributed by atoms with Crippen LogP contribution in [0.25, 0.3) is 10.9 Å².